The summed E-state index contributed by atoms with van der Waals surface area (Å²) in [7, 11) is 0. The SMILES string of the molecule is CCCCOc1ccc(N2C(=O)NC(=O)/C(=C/c3ccc(OCc4ccc([N+](=O)[O-])cc4)c(Br)c3)C2=O)cc1. The molecule has 3 aromatic rings. The van der Waals surface area contributed by atoms with Crippen molar-refractivity contribution in [2.75, 3.05) is 11.5 Å². The van der Waals surface area contributed by atoms with Gasteiger partial charge in [-0.2, -0.15) is 0 Å². The number of unbranched alkanes of at least 4 members (excludes halogenated alkanes) is 1. The lowest BCUT2D eigenvalue weighted by molar-refractivity contribution is -0.384. The molecule has 0 saturated carbocycles. The van der Waals surface area contributed by atoms with Gasteiger partial charge in [-0.05, 0) is 88.1 Å². The zero-order valence-corrected chi connectivity index (χ0v) is 22.5. The first kappa shape index (κ1) is 27.5. The Labute approximate surface area is 232 Å². The van der Waals surface area contributed by atoms with Gasteiger partial charge in [-0.1, -0.05) is 19.4 Å². The number of hydrogen-bond acceptors (Lipinski definition) is 7. The van der Waals surface area contributed by atoms with Crippen LogP contribution in [0.2, 0.25) is 0 Å². The number of carbonyl (C=O) groups is 3. The fraction of sp³-hybridized carbons (Fsp3) is 0.179. The van der Waals surface area contributed by atoms with E-state index in [1.807, 2.05) is 0 Å². The van der Waals surface area contributed by atoms with E-state index < -0.39 is 22.8 Å². The lowest BCUT2D eigenvalue weighted by Crippen LogP contribution is -2.54. The molecule has 0 atom stereocenters. The Kier molecular flexibility index (Phi) is 8.72. The van der Waals surface area contributed by atoms with Gasteiger partial charge in [-0.15, -0.1) is 0 Å². The zero-order valence-electron chi connectivity index (χ0n) is 20.9. The summed E-state index contributed by atoms with van der Waals surface area (Å²) in [4.78, 5) is 49.5. The smallest absolute Gasteiger partial charge is 0.335 e. The molecule has 0 aromatic heterocycles. The number of nitrogens with one attached hydrogen (secondary N) is 1. The fourth-order valence-corrected chi connectivity index (χ4v) is 4.19. The van der Waals surface area contributed by atoms with Gasteiger partial charge in [0.15, 0.2) is 0 Å². The van der Waals surface area contributed by atoms with Crippen LogP contribution in [0.3, 0.4) is 0 Å². The zero-order chi connectivity index (χ0) is 27.9. The molecule has 4 rings (SSSR count). The second-order valence-electron chi connectivity index (χ2n) is 8.56. The number of nitrogens with zero attached hydrogens (tertiary/aromatic N) is 2. The van der Waals surface area contributed by atoms with Gasteiger partial charge in [0.1, 0.15) is 23.7 Å². The van der Waals surface area contributed by atoms with E-state index in [-0.39, 0.29) is 17.9 Å². The van der Waals surface area contributed by atoms with E-state index in [9.17, 15) is 24.5 Å². The van der Waals surface area contributed by atoms with Crippen LogP contribution in [-0.4, -0.2) is 29.4 Å². The summed E-state index contributed by atoms with van der Waals surface area (Å²) >= 11 is 3.43. The number of carbonyl (C=O) groups excluding carboxylic acids is 3. The van der Waals surface area contributed by atoms with E-state index in [1.165, 1.54) is 18.2 Å². The van der Waals surface area contributed by atoms with Crippen molar-refractivity contribution < 1.29 is 28.8 Å². The van der Waals surface area contributed by atoms with Crippen molar-refractivity contribution in [3.63, 3.8) is 0 Å². The number of barbiturate groups is 1. The number of non-ortho nitro benzene ring substituents is 1. The lowest BCUT2D eigenvalue weighted by atomic mass is 10.1. The highest BCUT2D eigenvalue weighted by Gasteiger charge is 2.36. The summed E-state index contributed by atoms with van der Waals surface area (Å²) in [6.45, 7) is 2.80. The number of halogens is 1. The third-order valence-corrected chi connectivity index (χ3v) is 6.39. The molecule has 1 fully saturated rings. The van der Waals surface area contributed by atoms with Crippen molar-refractivity contribution in [1.82, 2.24) is 5.32 Å². The highest BCUT2D eigenvalue weighted by molar-refractivity contribution is 9.10. The van der Waals surface area contributed by atoms with Gasteiger partial charge in [0.25, 0.3) is 17.5 Å². The summed E-state index contributed by atoms with van der Waals surface area (Å²) in [6.07, 6.45) is 3.30. The minimum Gasteiger partial charge on any atom is -0.494 e. The minimum atomic E-state index is -0.835. The van der Waals surface area contributed by atoms with Crippen LogP contribution in [0.5, 0.6) is 11.5 Å². The molecule has 39 heavy (non-hydrogen) atoms. The number of ether oxygens (including phenoxy) is 2. The summed E-state index contributed by atoms with van der Waals surface area (Å²) in [6, 6.07) is 16.7. The topological polar surface area (TPSA) is 128 Å². The van der Waals surface area contributed by atoms with Crippen LogP contribution >= 0.6 is 15.9 Å². The Morgan fingerprint density at radius 3 is 2.36 bits per heavy atom. The first-order valence-corrected chi connectivity index (χ1v) is 12.9. The number of rotatable bonds is 10. The molecule has 0 unspecified atom stereocenters. The Hall–Kier alpha value is -4.51. The number of urea groups is 1. The average Bonchev–Trinajstić information content (AvgIpc) is 2.91. The second kappa shape index (κ2) is 12.4. The number of anilines is 1. The van der Waals surface area contributed by atoms with Crippen LogP contribution in [0.1, 0.15) is 30.9 Å². The monoisotopic (exact) mass is 593 g/mol. The number of hydrogen-bond donors (Lipinski definition) is 1. The lowest BCUT2D eigenvalue weighted by Gasteiger charge is -2.26. The molecule has 1 aliphatic rings. The predicted octanol–water partition coefficient (Wildman–Crippen LogP) is 5.78. The summed E-state index contributed by atoms with van der Waals surface area (Å²) in [5, 5.41) is 13.0. The van der Waals surface area contributed by atoms with E-state index in [1.54, 1.807) is 54.6 Å². The molecule has 0 radical (unpaired) electrons. The molecular formula is C28H24BrN3O7. The minimum absolute atomic E-state index is 0.00711. The van der Waals surface area contributed by atoms with E-state index in [2.05, 4.69) is 28.2 Å². The molecule has 1 aliphatic heterocycles. The van der Waals surface area contributed by atoms with E-state index in [0.717, 1.165) is 23.3 Å². The molecule has 3 aromatic carbocycles. The van der Waals surface area contributed by atoms with Crippen molar-refractivity contribution in [3.05, 3.63) is 98.0 Å². The quantitative estimate of drug-likeness (QED) is 0.104. The van der Waals surface area contributed by atoms with Crippen molar-refractivity contribution in [3.8, 4) is 11.5 Å². The van der Waals surface area contributed by atoms with Crippen LogP contribution in [0.4, 0.5) is 16.2 Å². The van der Waals surface area contributed by atoms with Gasteiger partial charge >= 0.3 is 6.03 Å². The van der Waals surface area contributed by atoms with Gasteiger partial charge in [0, 0.05) is 12.1 Å². The van der Waals surface area contributed by atoms with Gasteiger partial charge < -0.3 is 9.47 Å². The second-order valence-corrected chi connectivity index (χ2v) is 9.41. The fourth-order valence-electron chi connectivity index (χ4n) is 3.68. The normalized spacial score (nSPS) is 14.4. The molecule has 200 valence electrons. The van der Waals surface area contributed by atoms with E-state index in [4.69, 9.17) is 9.47 Å². The number of benzene rings is 3. The maximum Gasteiger partial charge on any atom is 0.335 e. The first-order valence-electron chi connectivity index (χ1n) is 12.1. The average molecular weight is 594 g/mol. The highest BCUT2D eigenvalue weighted by atomic mass is 79.9. The van der Waals surface area contributed by atoms with Crippen LogP contribution in [0.15, 0.2) is 76.8 Å². The first-order chi connectivity index (χ1) is 18.8. The van der Waals surface area contributed by atoms with Crippen molar-refractivity contribution >= 4 is 51.2 Å². The Morgan fingerprint density at radius 1 is 1.00 bits per heavy atom. The Bertz CT molecular complexity index is 1440. The number of nitro groups is 1. The van der Waals surface area contributed by atoms with Gasteiger partial charge in [-0.25, -0.2) is 9.69 Å². The summed E-state index contributed by atoms with van der Waals surface area (Å²) in [5.74, 6) is -0.439. The maximum absolute atomic E-state index is 13.2. The summed E-state index contributed by atoms with van der Waals surface area (Å²) in [5.41, 5.74) is 1.36. The third kappa shape index (κ3) is 6.68. The predicted molar refractivity (Wildman–Crippen MR) is 147 cm³/mol. The van der Waals surface area contributed by atoms with Crippen LogP contribution in [0, 0.1) is 10.1 Å². The standard InChI is InChI=1S/C28H24BrN3O7/c1-2-3-14-38-22-11-9-20(10-12-22)31-27(34)23(26(33)30-28(31)35)15-19-6-13-25(24(29)16-19)39-17-18-4-7-21(8-5-18)32(36)37/h4-13,15-16H,2-3,14,17H2,1H3,(H,30,33,35)/b23-15-. The molecule has 1 saturated heterocycles. The van der Waals surface area contributed by atoms with Crippen molar-refractivity contribution in [2.45, 2.75) is 26.4 Å². The summed E-state index contributed by atoms with van der Waals surface area (Å²) < 4.78 is 12.0. The Morgan fingerprint density at radius 2 is 1.72 bits per heavy atom. The Balaban J connectivity index is 1.48. The molecular weight excluding hydrogens is 570 g/mol. The molecule has 1 heterocycles. The number of imide groups is 2. The number of amides is 4. The van der Waals surface area contributed by atoms with Crippen molar-refractivity contribution in [1.29, 1.82) is 0 Å². The van der Waals surface area contributed by atoms with E-state index >= 15 is 0 Å². The van der Waals surface area contributed by atoms with Crippen LogP contribution in [0.25, 0.3) is 6.08 Å². The van der Waals surface area contributed by atoms with E-state index in [0.29, 0.717) is 33.8 Å². The molecule has 10 nitrogen and oxygen atoms in total. The molecule has 4 amide bonds. The van der Waals surface area contributed by atoms with Crippen molar-refractivity contribution in [2.24, 2.45) is 0 Å². The molecule has 11 heteroatoms. The maximum atomic E-state index is 13.2. The van der Waals surface area contributed by atoms with Gasteiger partial charge in [0.2, 0.25) is 0 Å². The highest BCUT2D eigenvalue weighted by Crippen LogP contribution is 2.29. The molecule has 1 N–H and O–H groups in total. The molecule has 0 bridgehead atoms. The molecule has 0 spiro atoms. The molecule has 0 aliphatic carbocycles. The third-order valence-electron chi connectivity index (χ3n) is 5.77. The van der Waals surface area contributed by atoms with Crippen LogP contribution < -0.4 is 19.7 Å². The largest absolute Gasteiger partial charge is 0.494 e. The van der Waals surface area contributed by atoms with Crippen LogP contribution in [-0.2, 0) is 16.2 Å². The number of nitro benzene ring substituents is 1. The van der Waals surface area contributed by atoms with Gasteiger partial charge in [0.05, 0.1) is 21.7 Å². The van der Waals surface area contributed by atoms with Gasteiger partial charge in [-0.3, -0.25) is 25.0 Å².